The van der Waals surface area contributed by atoms with Crippen molar-refractivity contribution in [1.82, 2.24) is 9.55 Å². The number of rotatable bonds is 4. The number of aryl methyl sites for hydroxylation is 1. The molecule has 108 valence electrons. The first kappa shape index (κ1) is 14.4. The van der Waals surface area contributed by atoms with E-state index in [0.717, 1.165) is 18.6 Å². The Bertz CT molecular complexity index is 590. The summed E-state index contributed by atoms with van der Waals surface area (Å²) in [6.07, 6.45) is -0.500. The maximum Gasteiger partial charge on any atom is 0.416 e. The minimum absolute atomic E-state index is 0.247. The lowest BCUT2D eigenvalue weighted by Gasteiger charge is -2.12. The molecular weight excluding hydrogens is 274 g/mol. The maximum atomic E-state index is 13.6. The van der Waals surface area contributed by atoms with Gasteiger partial charge in [0.2, 0.25) is 5.95 Å². The number of benzene rings is 1. The van der Waals surface area contributed by atoms with Gasteiger partial charge in [-0.3, -0.25) is 0 Å². The van der Waals surface area contributed by atoms with Crippen LogP contribution in [0.3, 0.4) is 0 Å². The summed E-state index contributed by atoms with van der Waals surface area (Å²) in [6.45, 7) is 2.59. The molecular formula is C13H13F4N3. The smallest absolute Gasteiger partial charge is 0.323 e. The zero-order chi connectivity index (χ0) is 14.8. The standard InChI is InChI=1S/C13H13F4N3/c1-2-6-20-7-5-18-12(20)19-11-8-9(13(15,16)17)3-4-10(11)14/h3-5,7-8H,2,6H2,1H3,(H,18,19). The number of aromatic nitrogens is 2. The Morgan fingerprint density at radius 3 is 2.70 bits per heavy atom. The Morgan fingerprint density at radius 1 is 1.30 bits per heavy atom. The van der Waals surface area contributed by atoms with Gasteiger partial charge in [0, 0.05) is 18.9 Å². The minimum Gasteiger partial charge on any atom is -0.323 e. The van der Waals surface area contributed by atoms with Crippen LogP contribution < -0.4 is 5.32 Å². The highest BCUT2D eigenvalue weighted by Crippen LogP contribution is 2.32. The summed E-state index contributed by atoms with van der Waals surface area (Å²) in [5.41, 5.74) is -1.15. The average molecular weight is 287 g/mol. The summed E-state index contributed by atoms with van der Waals surface area (Å²) in [5.74, 6) is -0.450. The van der Waals surface area contributed by atoms with Gasteiger partial charge in [-0.2, -0.15) is 13.2 Å². The second-order valence-corrected chi connectivity index (χ2v) is 4.26. The largest absolute Gasteiger partial charge is 0.416 e. The van der Waals surface area contributed by atoms with Gasteiger partial charge < -0.3 is 9.88 Å². The van der Waals surface area contributed by atoms with E-state index < -0.39 is 17.6 Å². The Labute approximate surface area is 113 Å². The zero-order valence-corrected chi connectivity index (χ0v) is 10.7. The summed E-state index contributed by atoms with van der Waals surface area (Å²) in [5, 5.41) is 2.59. The molecule has 0 bridgehead atoms. The molecule has 2 aromatic rings. The Hall–Kier alpha value is -2.05. The van der Waals surface area contributed by atoms with E-state index in [2.05, 4.69) is 10.3 Å². The SMILES string of the molecule is CCCn1ccnc1Nc1cc(C(F)(F)F)ccc1F. The quantitative estimate of drug-likeness (QED) is 0.854. The molecule has 0 aliphatic heterocycles. The summed E-state index contributed by atoms with van der Waals surface area (Å²) in [6, 6.07) is 2.23. The monoisotopic (exact) mass is 287 g/mol. The van der Waals surface area contributed by atoms with Crippen molar-refractivity contribution in [3.05, 3.63) is 42.0 Å². The van der Waals surface area contributed by atoms with Crippen molar-refractivity contribution in [3.8, 4) is 0 Å². The van der Waals surface area contributed by atoms with Crippen LogP contribution in [-0.2, 0) is 12.7 Å². The van der Waals surface area contributed by atoms with Crippen LogP contribution in [-0.4, -0.2) is 9.55 Å². The molecule has 0 saturated carbocycles. The summed E-state index contributed by atoms with van der Waals surface area (Å²) >= 11 is 0. The number of imidazole rings is 1. The van der Waals surface area contributed by atoms with Gasteiger partial charge in [0.1, 0.15) is 5.82 Å². The maximum absolute atomic E-state index is 13.6. The molecule has 1 N–H and O–H groups in total. The average Bonchev–Trinajstić information content (AvgIpc) is 2.79. The van der Waals surface area contributed by atoms with Crippen molar-refractivity contribution in [2.24, 2.45) is 0 Å². The van der Waals surface area contributed by atoms with Gasteiger partial charge >= 0.3 is 6.18 Å². The molecule has 0 unspecified atom stereocenters. The molecule has 3 nitrogen and oxygen atoms in total. The first-order chi connectivity index (χ1) is 9.41. The lowest BCUT2D eigenvalue weighted by molar-refractivity contribution is -0.137. The van der Waals surface area contributed by atoms with E-state index in [4.69, 9.17) is 0 Å². The highest BCUT2D eigenvalue weighted by Gasteiger charge is 2.31. The van der Waals surface area contributed by atoms with Crippen molar-refractivity contribution in [2.75, 3.05) is 5.32 Å². The topological polar surface area (TPSA) is 29.9 Å². The second kappa shape index (κ2) is 5.52. The van der Waals surface area contributed by atoms with Crippen LogP contribution in [0.4, 0.5) is 29.2 Å². The third-order valence-electron chi connectivity index (χ3n) is 2.72. The highest BCUT2D eigenvalue weighted by atomic mass is 19.4. The van der Waals surface area contributed by atoms with E-state index in [1.165, 1.54) is 6.20 Å². The highest BCUT2D eigenvalue weighted by molar-refractivity contribution is 5.56. The van der Waals surface area contributed by atoms with Gasteiger partial charge in [-0.15, -0.1) is 0 Å². The molecule has 1 heterocycles. The fraction of sp³-hybridized carbons (Fsp3) is 0.308. The van der Waals surface area contributed by atoms with Crippen LogP contribution in [0.2, 0.25) is 0 Å². The molecule has 1 aromatic carbocycles. The van der Waals surface area contributed by atoms with Crippen LogP contribution >= 0.6 is 0 Å². The van der Waals surface area contributed by atoms with Crippen molar-refractivity contribution >= 4 is 11.6 Å². The number of halogens is 4. The molecule has 0 saturated heterocycles. The van der Waals surface area contributed by atoms with Crippen LogP contribution in [0.5, 0.6) is 0 Å². The van der Waals surface area contributed by atoms with Gasteiger partial charge in [-0.05, 0) is 24.6 Å². The predicted molar refractivity (Wildman–Crippen MR) is 67.2 cm³/mol. The van der Waals surface area contributed by atoms with E-state index in [1.807, 2.05) is 6.92 Å². The number of nitrogens with zero attached hydrogens (tertiary/aromatic N) is 2. The first-order valence-corrected chi connectivity index (χ1v) is 6.06. The second-order valence-electron chi connectivity index (χ2n) is 4.26. The van der Waals surface area contributed by atoms with Gasteiger partial charge in [-0.25, -0.2) is 9.37 Å². The third kappa shape index (κ3) is 3.09. The molecule has 0 atom stereocenters. The van der Waals surface area contributed by atoms with E-state index in [-0.39, 0.29) is 5.69 Å². The van der Waals surface area contributed by atoms with Gasteiger partial charge in [0.25, 0.3) is 0 Å². The van der Waals surface area contributed by atoms with Crippen molar-refractivity contribution in [3.63, 3.8) is 0 Å². The molecule has 0 amide bonds. The fourth-order valence-corrected chi connectivity index (χ4v) is 1.77. The first-order valence-electron chi connectivity index (χ1n) is 6.06. The van der Waals surface area contributed by atoms with Crippen LogP contribution in [0, 0.1) is 5.82 Å². The Balaban J connectivity index is 2.31. The van der Waals surface area contributed by atoms with Gasteiger partial charge in [0.15, 0.2) is 0 Å². The lowest BCUT2D eigenvalue weighted by Crippen LogP contribution is -2.08. The van der Waals surface area contributed by atoms with Crippen LogP contribution in [0.1, 0.15) is 18.9 Å². The van der Waals surface area contributed by atoms with E-state index in [0.29, 0.717) is 18.6 Å². The zero-order valence-electron chi connectivity index (χ0n) is 10.7. The lowest BCUT2D eigenvalue weighted by atomic mass is 10.2. The molecule has 0 aliphatic carbocycles. The Kier molecular flexibility index (Phi) is 3.96. The van der Waals surface area contributed by atoms with Crippen LogP contribution in [0.25, 0.3) is 0 Å². The normalized spacial score (nSPS) is 11.7. The third-order valence-corrected chi connectivity index (χ3v) is 2.72. The van der Waals surface area contributed by atoms with E-state index >= 15 is 0 Å². The summed E-state index contributed by atoms with van der Waals surface area (Å²) < 4.78 is 53.1. The predicted octanol–water partition coefficient (Wildman–Crippen LogP) is 4.19. The number of hydrogen-bond acceptors (Lipinski definition) is 2. The van der Waals surface area contributed by atoms with Gasteiger partial charge in [0.05, 0.1) is 11.3 Å². The van der Waals surface area contributed by atoms with E-state index in [1.54, 1.807) is 10.8 Å². The van der Waals surface area contributed by atoms with Crippen LogP contribution in [0.15, 0.2) is 30.6 Å². The molecule has 0 aliphatic rings. The van der Waals surface area contributed by atoms with Crippen molar-refractivity contribution in [2.45, 2.75) is 26.1 Å². The molecule has 20 heavy (non-hydrogen) atoms. The number of nitrogens with one attached hydrogen (secondary N) is 1. The van der Waals surface area contributed by atoms with E-state index in [9.17, 15) is 17.6 Å². The van der Waals surface area contributed by atoms with Gasteiger partial charge in [-0.1, -0.05) is 6.92 Å². The molecule has 0 spiro atoms. The number of hydrogen-bond donors (Lipinski definition) is 1. The molecule has 2 rings (SSSR count). The van der Waals surface area contributed by atoms with Crippen molar-refractivity contribution in [1.29, 1.82) is 0 Å². The number of alkyl halides is 3. The fourth-order valence-electron chi connectivity index (χ4n) is 1.77. The molecule has 0 fully saturated rings. The van der Waals surface area contributed by atoms with Crippen molar-refractivity contribution < 1.29 is 17.6 Å². The summed E-state index contributed by atoms with van der Waals surface area (Å²) in [7, 11) is 0. The molecule has 0 radical (unpaired) electrons. The summed E-state index contributed by atoms with van der Waals surface area (Å²) in [4.78, 5) is 3.97. The molecule has 7 heteroatoms. The number of anilines is 2. The minimum atomic E-state index is -4.51. The Morgan fingerprint density at radius 2 is 2.05 bits per heavy atom. The molecule has 1 aromatic heterocycles.